The van der Waals surface area contributed by atoms with Gasteiger partial charge in [0.1, 0.15) is 0 Å². The molecule has 1 aromatic heterocycles. The molecule has 0 aliphatic carbocycles. The molecular weight excluding hydrogens is 350 g/mol. The van der Waals surface area contributed by atoms with E-state index < -0.39 is 0 Å². The highest BCUT2D eigenvalue weighted by Gasteiger charge is 2.23. The van der Waals surface area contributed by atoms with E-state index in [1.165, 1.54) is 37.7 Å². The molecule has 150 valence electrons. The van der Waals surface area contributed by atoms with Gasteiger partial charge >= 0.3 is 6.09 Å². The third kappa shape index (κ3) is 6.97. The Labute approximate surface area is 168 Å². The van der Waals surface area contributed by atoms with E-state index in [4.69, 9.17) is 4.74 Å². The van der Waals surface area contributed by atoms with Gasteiger partial charge in [-0.15, -0.1) is 0 Å². The van der Waals surface area contributed by atoms with Crippen molar-refractivity contribution in [2.45, 2.75) is 51.0 Å². The zero-order valence-electron chi connectivity index (χ0n) is 16.6. The highest BCUT2D eigenvalue weighted by atomic mass is 16.6. The number of carbonyl (C=O) groups excluding carboxylic acids is 1. The summed E-state index contributed by atoms with van der Waals surface area (Å²) < 4.78 is 5.36. The number of rotatable bonds is 9. The van der Waals surface area contributed by atoms with E-state index in [-0.39, 0.29) is 6.09 Å². The van der Waals surface area contributed by atoms with Gasteiger partial charge in [-0.05, 0) is 56.3 Å². The van der Waals surface area contributed by atoms with Crippen LogP contribution in [0.2, 0.25) is 0 Å². The number of nitrogens with zero attached hydrogens (tertiary/aromatic N) is 2. The number of pyridine rings is 1. The lowest BCUT2D eigenvalue weighted by Gasteiger charge is -2.31. The van der Waals surface area contributed by atoms with Gasteiger partial charge in [-0.1, -0.05) is 43.2 Å². The standard InChI is InChI=1S/C23H31N3O2/c27-23(28-22-12-8-15-24-19-22)26-17-13-21(14-18-26)25-16-7-2-1-4-9-20-10-5-3-6-11-20/h3,5-6,8,10-12,15,19,21,25H,1-2,4,7,9,13-14,16-18H2. The van der Waals surface area contributed by atoms with E-state index in [0.717, 1.165) is 32.5 Å². The summed E-state index contributed by atoms with van der Waals surface area (Å²) in [4.78, 5) is 17.9. The molecule has 0 radical (unpaired) electrons. The topological polar surface area (TPSA) is 54.5 Å². The van der Waals surface area contributed by atoms with Crippen LogP contribution in [0.4, 0.5) is 4.79 Å². The lowest BCUT2D eigenvalue weighted by atomic mass is 10.0. The first kappa shape index (κ1) is 20.3. The molecule has 2 heterocycles. The molecule has 0 unspecified atom stereocenters. The van der Waals surface area contributed by atoms with Crippen LogP contribution < -0.4 is 10.1 Å². The molecule has 0 bridgehead atoms. The van der Waals surface area contributed by atoms with Crippen LogP contribution in [0, 0.1) is 0 Å². The number of amides is 1. The molecule has 1 aliphatic rings. The van der Waals surface area contributed by atoms with Gasteiger partial charge in [-0.25, -0.2) is 4.79 Å². The van der Waals surface area contributed by atoms with Gasteiger partial charge in [0.05, 0.1) is 6.20 Å². The first-order valence-electron chi connectivity index (χ1n) is 10.5. The Bertz CT molecular complexity index is 686. The number of hydrogen-bond donors (Lipinski definition) is 1. The molecule has 5 heteroatoms. The summed E-state index contributed by atoms with van der Waals surface area (Å²) in [6, 6.07) is 14.7. The second-order valence-corrected chi connectivity index (χ2v) is 7.42. The molecule has 3 rings (SSSR count). The predicted molar refractivity (Wildman–Crippen MR) is 111 cm³/mol. The van der Waals surface area contributed by atoms with E-state index in [1.807, 2.05) is 0 Å². The van der Waals surface area contributed by atoms with Crippen LogP contribution in [-0.2, 0) is 6.42 Å². The average molecular weight is 382 g/mol. The molecule has 2 aromatic rings. The van der Waals surface area contributed by atoms with E-state index >= 15 is 0 Å². The maximum Gasteiger partial charge on any atom is 0.415 e. The average Bonchev–Trinajstić information content (AvgIpc) is 2.75. The SMILES string of the molecule is O=C(Oc1cccnc1)N1CCC(NCCCCCCc2ccccc2)CC1. The summed E-state index contributed by atoms with van der Waals surface area (Å²) in [5.74, 6) is 0.500. The Balaban J connectivity index is 1.21. The fourth-order valence-electron chi connectivity index (χ4n) is 3.60. The molecule has 1 saturated heterocycles. The third-order valence-electron chi connectivity index (χ3n) is 5.26. The number of aromatic nitrogens is 1. The Morgan fingerprint density at radius 3 is 2.57 bits per heavy atom. The van der Waals surface area contributed by atoms with Crippen molar-refractivity contribution < 1.29 is 9.53 Å². The highest BCUT2D eigenvalue weighted by Crippen LogP contribution is 2.14. The van der Waals surface area contributed by atoms with Gasteiger partial charge in [0.2, 0.25) is 0 Å². The minimum atomic E-state index is -0.273. The van der Waals surface area contributed by atoms with Gasteiger partial charge in [0, 0.05) is 25.3 Å². The van der Waals surface area contributed by atoms with Crippen molar-refractivity contribution in [3.8, 4) is 5.75 Å². The lowest BCUT2D eigenvalue weighted by Crippen LogP contribution is -2.46. The maximum atomic E-state index is 12.2. The fraction of sp³-hybridized carbons (Fsp3) is 0.478. The van der Waals surface area contributed by atoms with Crippen molar-refractivity contribution in [3.63, 3.8) is 0 Å². The van der Waals surface area contributed by atoms with Crippen molar-refractivity contribution in [3.05, 3.63) is 60.4 Å². The second kappa shape index (κ2) is 11.4. The summed E-state index contributed by atoms with van der Waals surface area (Å²) in [5, 5.41) is 3.65. The van der Waals surface area contributed by atoms with Crippen LogP contribution in [0.25, 0.3) is 0 Å². The molecule has 0 saturated carbocycles. The zero-order chi connectivity index (χ0) is 19.4. The summed E-state index contributed by atoms with van der Waals surface area (Å²) in [7, 11) is 0. The summed E-state index contributed by atoms with van der Waals surface area (Å²) >= 11 is 0. The zero-order valence-corrected chi connectivity index (χ0v) is 16.6. The minimum absolute atomic E-state index is 0.273. The molecule has 0 atom stereocenters. The third-order valence-corrected chi connectivity index (χ3v) is 5.26. The summed E-state index contributed by atoms with van der Waals surface area (Å²) in [5.41, 5.74) is 1.44. The molecule has 28 heavy (non-hydrogen) atoms. The van der Waals surface area contributed by atoms with Gasteiger partial charge in [0.15, 0.2) is 5.75 Å². The van der Waals surface area contributed by atoms with Crippen molar-refractivity contribution >= 4 is 6.09 Å². The maximum absolute atomic E-state index is 12.2. The number of likely N-dealkylation sites (tertiary alicyclic amines) is 1. The Morgan fingerprint density at radius 1 is 1.04 bits per heavy atom. The number of carbonyl (C=O) groups is 1. The smallest absolute Gasteiger partial charge is 0.409 e. The van der Waals surface area contributed by atoms with E-state index in [9.17, 15) is 4.79 Å². The second-order valence-electron chi connectivity index (χ2n) is 7.42. The Hall–Kier alpha value is -2.40. The molecule has 1 aromatic carbocycles. The summed E-state index contributed by atoms with van der Waals surface area (Å²) in [6.07, 6.45) is 11.1. The first-order valence-corrected chi connectivity index (χ1v) is 10.5. The normalized spacial score (nSPS) is 14.8. The highest BCUT2D eigenvalue weighted by molar-refractivity contribution is 5.70. The van der Waals surface area contributed by atoms with E-state index in [0.29, 0.717) is 11.8 Å². The van der Waals surface area contributed by atoms with Crippen LogP contribution in [-0.4, -0.2) is 41.7 Å². The van der Waals surface area contributed by atoms with Crippen molar-refractivity contribution in [1.29, 1.82) is 0 Å². The fourth-order valence-corrected chi connectivity index (χ4v) is 3.60. The van der Waals surface area contributed by atoms with Crippen LogP contribution in [0.15, 0.2) is 54.9 Å². The van der Waals surface area contributed by atoms with E-state index in [1.54, 1.807) is 29.4 Å². The largest absolute Gasteiger partial charge is 0.415 e. The molecule has 1 amide bonds. The number of benzene rings is 1. The Morgan fingerprint density at radius 2 is 1.82 bits per heavy atom. The number of hydrogen-bond acceptors (Lipinski definition) is 4. The predicted octanol–water partition coefficient (Wildman–Crippen LogP) is 4.44. The van der Waals surface area contributed by atoms with Crippen molar-refractivity contribution in [2.24, 2.45) is 0 Å². The molecule has 1 aliphatic heterocycles. The van der Waals surface area contributed by atoms with E-state index in [2.05, 4.69) is 40.6 Å². The first-order chi connectivity index (χ1) is 13.8. The number of ether oxygens (including phenoxy) is 1. The van der Waals surface area contributed by atoms with Crippen LogP contribution >= 0.6 is 0 Å². The molecule has 5 nitrogen and oxygen atoms in total. The summed E-state index contributed by atoms with van der Waals surface area (Å²) in [6.45, 7) is 2.55. The monoisotopic (exact) mass is 381 g/mol. The molecule has 1 N–H and O–H groups in total. The Kier molecular flexibility index (Phi) is 8.31. The molecule has 1 fully saturated rings. The number of aryl methyl sites for hydroxylation is 1. The minimum Gasteiger partial charge on any atom is -0.409 e. The molecule has 0 spiro atoms. The van der Waals surface area contributed by atoms with Crippen molar-refractivity contribution in [2.75, 3.05) is 19.6 Å². The lowest BCUT2D eigenvalue weighted by molar-refractivity contribution is 0.135. The molecular formula is C23H31N3O2. The van der Waals surface area contributed by atoms with Crippen molar-refractivity contribution in [1.82, 2.24) is 15.2 Å². The van der Waals surface area contributed by atoms with Gasteiger partial charge in [-0.2, -0.15) is 0 Å². The van der Waals surface area contributed by atoms with Crippen LogP contribution in [0.1, 0.15) is 44.1 Å². The van der Waals surface area contributed by atoms with Crippen LogP contribution in [0.5, 0.6) is 5.75 Å². The van der Waals surface area contributed by atoms with Gasteiger partial charge in [-0.3, -0.25) is 4.98 Å². The van der Waals surface area contributed by atoms with Gasteiger partial charge in [0.25, 0.3) is 0 Å². The number of nitrogens with one attached hydrogen (secondary N) is 1. The number of piperidine rings is 1. The number of unbranched alkanes of at least 4 members (excludes halogenated alkanes) is 3. The quantitative estimate of drug-likeness (QED) is 0.653. The van der Waals surface area contributed by atoms with Gasteiger partial charge < -0.3 is 15.0 Å². The van der Waals surface area contributed by atoms with Crippen LogP contribution in [0.3, 0.4) is 0 Å².